The number of rotatable bonds is 5. The van der Waals surface area contributed by atoms with Crippen LogP contribution >= 0.6 is 11.6 Å². The Morgan fingerprint density at radius 3 is 2.22 bits per heavy atom. The van der Waals surface area contributed by atoms with E-state index < -0.39 is 11.6 Å². The first-order chi connectivity index (χ1) is 15.4. The molecule has 1 heterocycles. The number of hydrogen-bond acceptors (Lipinski definition) is 4. The summed E-state index contributed by atoms with van der Waals surface area (Å²) in [5.41, 5.74) is 0.641. The van der Waals surface area contributed by atoms with Crippen LogP contribution in [-0.4, -0.2) is 24.2 Å². The quantitative estimate of drug-likeness (QED) is 0.386. The lowest BCUT2D eigenvalue weighted by Gasteiger charge is -2.37. The van der Waals surface area contributed by atoms with E-state index in [0.717, 1.165) is 18.6 Å². The second kappa shape index (κ2) is 7.01. The summed E-state index contributed by atoms with van der Waals surface area (Å²) in [5.74, 6) is 0.173. The average Bonchev–Trinajstić information content (AvgIpc) is 3.55. The van der Waals surface area contributed by atoms with Crippen LogP contribution in [0.5, 0.6) is 5.75 Å². The maximum atomic E-state index is 13.5. The van der Waals surface area contributed by atoms with Crippen molar-refractivity contribution in [2.45, 2.75) is 6.42 Å². The Balaban J connectivity index is 1.16. The molecule has 0 spiro atoms. The number of benzene rings is 2. The zero-order chi connectivity index (χ0) is 22.1. The number of ether oxygens (including phenoxy) is 1. The van der Waals surface area contributed by atoms with E-state index >= 15 is 0 Å². The van der Waals surface area contributed by atoms with Gasteiger partial charge in [0.25, 0.3) is 0 Å². The monoisotopic (exact) mass is 451 g/mol. The molecule has 2 bridgehead atoms. The fourth-order valence-electron chi connectivity index (χ4n) is 5.85. The topological polar surface area (TPSA) is 63.7 Å². The minimum absolute atomic E-state index is 0.114. The third-order valence-electron chi connectivity index (χ3n) is 7.31. The number of Topliss-reactive ketones (excluding diaryl/α,β-unsaturated/α-hetero) is 1. The van der Waals surface area contributed by atoms with Crippen LogP contribution in [-0.2, 0) is 9.59 Å². The zero-order valence-electron chi connectivity index (χ0n) is 16.9. The van der Waals surface area contributed by atoms with Crippen molar-refractivity contribution in [3.8, 4) is 5.75 Å². The van der Waals surface area contributed by atoms with Gasteiger partial charge in [0.2, 0.25) is 11.8 Å². The molecule has 2 saturated carbocycles. The third-order valence-corrected chi connectivity index (χ3v) is 7.53. The molecule has 6 atom stereocenters. The minimum atomic E-state index is -0.591. The van der Waals surface area contributed by atoms with Crippen molar-refractivity contribution in [2.75, 3.05) is 11.5 Å². The van der Waals surface area contributed by atoms with Gasteiger partial charge in [0.1, 0.15) is 11.6 Å². The summed E-state index contributed by atoms with van der Waals surface area (Å²) in [6.45, 7) is -0.289. The van der Waals surface area contributed by atoms with E-state index in [0.29, 0.717) is 23.3 Å². The Morgan fingerprint density at radius 1 is 1.00 bits per heavy atom. The van der Waals surface area contributed by atoms with Gasteiger partial charge in [0.15, 0.2) is 12.4 Å². The lowest BCUT2D eigenvalue weighted by Crippen LogP contribution is -2.40. The molecule has 5 aliphatic rings. The second-order valence-electron chi connectivity index (χ2n) is 9.03. The highest BCUT2D eigenvalue weighted by atomic mass is 35.5. The fraction of sp³-hybridized carbons (Fsp3) is 0.320. The Labute approximate surface area is 188 Å². The number of allylic oxidation sites excluding steroid dienone is 2. The van der Waals surface area contributed by atoms with Crippen molar-refractivity contribution in [1.82, 2.24) is 0 Å². The molecule has 4 aliphatic carbocycles. The number of nitrogens with zero attached hydrogens (tertiary/aromatic N) is 1. The molecule has 1 aliphatic heterocycles. The molecule has 3 fully saturated rings. The summed E-state index contributed by atoms with van der Waals surface area (Å²) in [5, 5.41) is 0.138. The summed E-state index contributed by atoms with van der Waals surface area (Å²) in [4.78, 5) is 39.9. The van der Waals surface area contributed by atoms with Gasteiger partial charge in [-0.15, -0.1) is 0 Å². The third kappa shape index (κ3) is 2.93. The summed E-state index contributed by atoms with van der Waals surface area (Å²) >= 11 is 5.80. The van der Waals surface area contributed by atoms with Crippen molar-refractivity contribution >= 4 is 34.9 Å². The number of carbonyl (C=O) groups excluding carboxylic acids is 3. The van der Waals surface area contributed by atoms with Crippen LogP contribution in [0.25, 0.3) is 0 Å². The Morgan fingerprint density at radius 2 is 1.62 bits per heavy atom. The maximum absolute atomic E-state index is 13.5. The highest BCUT2D eigenvalue weighted by molar-refractivity contribution is 6.31. The summed E-state index contributed by atoms with van der Waals surface area (Å²) in [6, 6.07) is 10.2. The molecule has 1 saturated heterocycles. The molecule has 2 aromatic rings. The number of hydrogen-bond donors (Lipinski definition) is 0. The van der Waals surface area contributed by atoms with E-state index in [1.165, 1.54) is 11.0 Å². The standard InChI is InChI=1S/C25H19ClFNO4/c26-13-7-12(8-14(27)9-13)21(29)11-32-16-3-1-15(2-4-16)28-24(30)22-17-5-6-18(20-10-19(17)20)23(22)25(28)31/h1-9,17-20,22-23H,10-11H2/t17-,18+,19+,20-,22-,23+. The summed E-state index contributed by atoms with van der Waals surface area (Å²) in [7, 11) is 0. The molecule has 7 rings (SSSR count). The van der Waals surface area contributed by atoms with E-state index in [9.17, 15) is 18.8 Å². The van der Waals surface area contributed by atoms with E-state index in [-0.39, 0.29) is 52.7 Å². The van der Waals surface area contributed by atoms with Crippen LogP contribution in [0.4, 0.5) is 10.1 Å². The van der Waals surface area contributed by atoms with Crippen LogP contribution in [0.1, 0.15) is 16.8 Å². The van der Waals surface area contributed by atoms with E-state index in [2.05, 4.69) is 12.2 Å². The smallest absolute Gasteiger partial charge is 0.238 e. The normalized spacial score (nSPS) is 31.5. The number of amides is 2. The first-order valence-electron chi connectivity index (χ1n) is 10.7. The maximum Gasteiger partial charge on any atom is 0.238 e. The van der Waals surface area contributed by atoms with Crippen molar-refractivity contribution < 1.29 is 23.5 Å². The molecular weight excluding hydrogens is 433 g/mol. The summed E-state index contributed by atoms with van der Waals surface area (Å²) in [6.07, 6.45) is 5.42. The van der Waals surface area contributed by atoms with Crippen molar-refractivity contribution in [3.05, 3.63) is 71.0 Å². The van der Waals surface area contributed by atoms with Gasteiger partial charge in [0, 0.05) is 10.6 Å². The fourth-order valence-corrected chi connectivity index (χ4v) is 6.07. The second-order valence-corrected chi connectivity index (χ2v) is 9.47. The van der Waals surface area contributed by atoms with Gasteiger partial charge in [0.05, 0.1) is 17.5 Å². The minimum Gasteiger partial charge on any atom is -0.485 e. The lowest BCUT2D eigenvalue weighted by molar-refractivity contribution is -0.124. The van der Waals surface area contributed by atoms with Gasteiger partial charge in [-0.1, -0.05) is 23.8 Å². The highest BCUT2D eigenvalue weighted by Crippen LogP contribution is 2.65. The van der Waals surface area contributed by atoms with Gasteiger partial charge in [-0.3, -0.25) is 19.3 Å². The van der Waals surface area contributed by atoms with Crippen molar-refractivity contribution in [2.24, 2.45) is 35.5 Å². The molecule has 32 heavy (non-hydrogen) atoms. The zero-order valence-corrected chi connectivity index (χ0v) is 17.7. The van der Waals surface area contributed by atoms with Crippen molar-refractivity contribution in [1.29, 1.82) is 0 Å². The Bertz CT molecular complexity index is 1140. The molecule has 0 unspecified atom stereocenters. The molecule has 5 nitrogen and oxygen atoms in total. The number of anilines is 1. The van der Waals surface area contributed by atoms with Crippen LogP contribution in [0.15, 0.2) is 54.6 Å². The van der Waals surface area contributed by atoms with Crippen LogP contribution < -0.4 is 9.64 Å². The van der Waals surface area contributed by atoms with Crippen LogP contribution in [0, 0.1) is 41.3 Å². The predicted octanol–water partition coefficient (Wildman–Crippen LogP) is 4.30. The summed E-state index contributed by atoms with van der Waals surface area (Å²) < 4.78 is 19.0. The van der Waals surface area contributed by atoms with E-state index in [1.54, 1.807) is 24.3 Å². The van der Waals surface area contributed by atoms with Gasteiger partial charge in [-0.25, -0.2) is 4.39 Å². The number of imide groups is 1. The Hall–Kier alpha value is -2.99. The van der Waals surface area contributed by atoms with Gasteiger partial charge in [-0.2, -0.15) is 0 Å². The van der Waals surface area contributed by atoms with Gasteiger partial charge < -0.3 is 4.74 Å². The van der Waals surface area contributed by atoms with E-state index in [4.69, 9.17) is 16.3 Å². The Kier molecular flexibility index (Phi) is 4.31. The SMILES string of the molecule is O=C(COc1ccc(N2C(=O)[C@@H]3[C@@H]4C=C[C@@H]([C@H]5C[C@@H]45)[C@@H]3C2=O)cc1)c1cc(F)cc(Cl)c1. The number of ketones is 1. The molecule has 7 heteroatoms. The van der Waals surface area contributed by atoms with E-state index in [1.807, 2.05) is 0 Å². The molecule has 0 N–H and O–H groups in total. The molecular formula is C25H19ClFNO4. The van der Waals surface area contributed by atoms with Crippen LogP contribution in [0.3, 0.4) is 0 Å². The molecule has 0 aromatic heterocycles. The molecule has 0 radical (unpaired) electrons. The molecule has 2 amide bonds. The predicted molar refractivity (Wildman–Crippen MR) is 115 cm³/mol. The first kappa shape index (κ1) is 19.7. The van der Waals surface area contributed by atoms with Gasteiger partial charge >= 0.3 is 0 Å². The lowest BCUT2D eigenvalue weighted by atomic mass is 9.63. The van der Waals surface area contributed by atoms with Crippen molar-refractivity contribution in [3.63, 3.8) is 0 Å². The molecule has 2 aromatic carbocycles. The first-order valence-corrected chi connectivity index (χ1v) is 11.1. The highest BCUT2D eigenvalue weighted by Gasteiger charge is 2.67. The molecule has 162 valence electrons. The largest absolute Gasteiger partial charge is 0.485 e. The number of halogens is 2. The number of carbonyl (C=O) groups is 3. The van der Waals surface area contributed by atoms with Gasteiger partial charge in [-0.05, 0) is 72.6 Å². The average molecular weight is 452 g/mol. The van der Waals surface area contributed by atoms with Crippen LogP contribution in [0.2, 0.25) is 5.02 Å².